The van der Waals surface area contributed by atoms with Crippen LogP contribution in [0.4, 0.5) is 0 Å². The van der Waals surface area contributed by atoms with Crippen LogP contribution in [0.15, 0.2) is 18.2 Å². The molecule has 0 radical (unpaired) electrons. The molecule has 1 saturated heterocycles. The van der Waals surface area contributed by atoms with Gasteiger partial charge >= 0.3 is 5.97 Å². The molecule has 5 heteroatoms. The molecule has 1 aliphatic heterocycles. The Morgan fingerprint density at radius 2 is 2.05 bits per heavy atom. The Morgan fingerprint density at radius 1 is 1.32 bits per heavy atom. The lowest BCUT2D eigenvalue weighted by Gasteiger charge is -2.33. The van der Waals surface area contributed by atoms with Crippen molar-refractivity contribution in [1.82, 2.24) is 4.90 Å². The lowest BCUT2D eigenvalue weighted by Crippen LogP contribution is -2.48. The van der Waals surface area contributed by atoms with Crippen LogP contribution in [0, 0.1) is 6.92 Å². The third-order valence-corrected chi connectivity index (χ3v) is 3.43. The molecule has 1 aliphatic rings. The first-order chi connectivity index (χ1) is 9.00. The number of rotatable bonds is 2. The highest BCUT2D eigenvalue weighted by Crippen LogP contribution is 2.25. The molecular weight excluding hydrogens is 246 g/mol. The number of piperidine rings is 1. The number of carboxylic acid groups (broad SMARTS) is 1. The van der Waals surface area contributed by atoms with E-state index >= 15 is 0 Å². The first-order valence-electron chi connectivity index (χ1n) is 6.34. The number of carbonyl (C=O) groups is 2. The maximum absolute atomic E-state index is 12.4. The standard InChI is InChI=1S/C14H17NO4/c1-9-5-6-12(16)10(8-9)13(17)15-7-3-2-4-11(15)14(18)19/h5-6,8,11,16H,2-4,7H2,1H3,(H,18,19)/t11-/m1/s1. The van der Waals surface area contributed by atoms with Gasteiger partial charge in [-0.3, -0.25) is 4.79 Å². The number of amides is 1. The Labute approximate surface area is 111 Å². The molecule has 2 rings (SSSR count). The van der Waals surface area contributed by atoms with Gasteiger partial charge in [0.1, 0.15) is 11.8 Å². The summed E-state index contributed by atoms with van der Waals surface area (Å²) in [6, 6.07) is 3.96. The van der Waals surface area contributed by atoms with Crippen molar-refractivity contribution >= 4 is 11.9 Å². The van der Waals surface area contributed by atoms with E-state index in [2.05, 4.69) is 0 Å². The monoisotopic (exact) mass is 263 g/mol. The van der Waals surface area contributed by atoms with Crippen LogP contribution < -0.4 is 0 Å². The molecule has 102 valence electrons. The number of phenolic OH excluding ortho intramolecular Hbond substituents is 1. The molecule has 0 saturated carbocycles. The van der Waals surface area contributed by atoms with Gasteiger partial charge in [0.25, 0.3) is 5.91 Å². The average Bonchev–Trinajstić information content (AvgIpc) is 2.40. The van der Waals surface area contributed by atoms with Crippen molar-refractivity contribution in [3.8, 4) is 5.75 Å². The SMILES string of the molecule is Cc1ccc(O)c(C(=O)N2CCCC[C@@H]2C(=O)O)c1. The van der Waals surface area contributed by atoms with Crippen molar-refractivity contribution in [1.29, 1.82) is 0 Å². The van der Waals surface area contributed by atoms with Crippen molar-refractivity contribution in [2.75, 3.05) is 6.54 Å². The minimum Gasteiger partial charge on any atom is -0.507 e. The zero-order valence-corrected chi connectivity index (χ0v) is 10.8. The Bertz CT molecular complexity index is 512. The van der Waals surface area contributed by atoms with Gasteiger partial charge in [0, 0.05) is 6.54 Å². The van der Waals surface area contributed by atoms with Crippen LogP contribution in [-0.2, 0) is 4.79 Å². The summed E-state index contributed by atoms with van der Waals surface area (Å²) in [7, 11) is 0. The van der Waals surface area contributed by atoms with Crippen LogP contribution in [0.1, 0.15) is 35.2 Å². The zero-order chi connectivity index (χ0) is 14.0. The van der Waals surface area contributed by atoms with Crippen molar-refractivity contribution in [2.24, 2.45) is 0 Å². The fourth-order valence-electron chi connectivity index (χ4n) is 2.41. The molecule has 1 fully saturated rings. The highest BCUT2D eigenvalue weighted by Gasteiger charge is 2.33. The number of hydrogen-bond donors (Lipinski definition) is 2. The van der Waals surface area contributed by atoms with E-state index < -0.39 is 17.9 Å². The molecule has 5 nitrogen and oxygen atoms in total. The molecule has 1 amide bonds. The summed E-state index contributed by atoms with van der Waals surface area (Å²) in [5.41, 5.74) is 1.03. The number of aliphatic carboxylic acids is 1. The van der Waals surface area contributed by atoms with E-state index in [9.17, 15) is 19.8 Å². The number of nitrogens with zero attached hydrogens (tertiary/aromatic N) is 1. The number of carboxylic acids is 1. The van der Waals surface area contributed by atoms with Gasteiger partial charge in [0.15, 0.2) is 0 Å². The van der Waals surface area contributed by atoms with Crippen LogP contribution in [-0.4, -0.2) is 39.6 Å². The van der Waals surface area contributed by atoms with Crippen molar-refractivity contribution in [2.45, 2.75) is 32.2 Å². The topological polar surface area (TPSA) is 77.8 Å². The molecular formula is C14H17NO4. The van der Waals surface area contributed by atoms with Crippen molar-refractivity contribution in [3.05, 3.63) is 29.3 Å². The molecule has 1 heterocycles. The van der Waals surface area contributed by atoms with Gasteiger partial charge in [0.05, 0.1) is 5.56 Å². The normalized spacial score (nSPS) is 19.2. The largest absolute Gasteiger partial charge is 0.507 e. The van der Waals surface area contributed by atoms with Crippen LogP contribution in [0.3, 0.4) is 0 Å². The van der Waals surface area contributed by atoms with Gasteiger partial charge in [-0.2, -0.15) is 0 Å². The molecule has 1 atom stereocenters. The second kappa shape index (κ2) is 5.30. The number of carbonyl (C=O) groups excluding carboxylic acids is 1. The van der Waals surface area contributed by atoms with Crippen molar-refractivity contribution < 1.29 is 19.8 Å². The third kappa shape index (κ3) is 2.70. The van der Waals surface area contributed by atoms with Gasteiger partial charge < -0.3 is 15.1 Å². The third-order valence-electron chi connectivity index (χ3n) is 3.43. The molecule has 0 aliphatic carbocycles. The minimum absolute atomic E-state index is 0.106. The molecule has 0 aromatic heterocycles. The number of aryl methyl sites for hydroxylation is 1. The van der Waals surface area contributed by atoms with E-state index in [1.807, 2.05) is 6.92 Å². The number of aromatic hydroxyl groups is 1. The Hall–Kier alpha value is -2.04. The maximum atomic E-state index is 12.4. The fourth-order valence-corrected chi connectivity index (χ4v) is 2.41. The zero-order valence-electron chi connectivity index (χ0n) is 10.8. The summed E-state index contributed by atoms with van der Waals surface area (Å²) in [6.45, 7) is 2.24. The number of phenols is 1. The predicted molar refractivity (Wildman–Crippen MR) is 69.2 cm³/mol. The summed E-state index contributed by atoms with van der Waals surface area (Å²) >= 11 is 0. The second-order valence-corrected chi connectivity index (χ2v) is 4.87. The number of likely N-dealkylation sites (tertiary alicyclic amines) is 1. The lowest BCUT2D eigenvalue weighted by atomic mass is 10.00. The van der Waals surface area contributed by atoms with Crippen LogP contribution in [0.25, 0.3) is 0 Å². The lowest BCUT2D eigenvalue weighted by molar-refractivity contribution is -0.143. The molecule has 2 N–H and O–H groups in total. The predicted octanol–water partition coefficient (Wildman–Crippen LogP) is 1.78. The fraction of sp³-hybridized carbons (Fsp3) is 0.429. The van der Waals surface area contributed by atoms with Crippen LogP contribution >= 0.6 is 0 Å². The first-order valence-corrected chi connectivity index (χ1v) is 6.34. The molecule has 19 heavy (non-hydrogen) atoms. The molecule has 0 bridgehead atoms. The highest BCUT2D eigenvalue weighted by molar-refractivity contribution is 5.99. The average molecular weight is 263 g/mol. The minimum atomic E-state index is -0.986. The Kier molecular flexibility index (Phi) is 3.74. The Morgan fingerprint density at radius 3 is 2.74 bits per heavy atom. The maximum Gasteiger partial charge on any atom is 0.326 e. The van der Waals surface area contributed by atoms with E-state index in [-0.39, 0.29) is 11.3 Å². The summed E-state index contributed by atoms with van der Waals surface area (Å²) in [6.07, 6.45) is 2.07. The summed E-state index contributed by atoms with van der Waals surface area (Å²) in [4.78, 5) is 24.9. The van der Waals surface area contributed by atoms with Crippen molar-refractivity contribution in [3.63, 3.8) is 0 Å². The van der Waals surface area contributed by atoms with E-state index in [1.165, 1.54) is 11.0 Å². The van der Waals surface area contributed by atoms with Gasteiger partial charge in [-0.15, -0.1) is 0 Å². The van der Waals surface area contributed by atoms with E-state index in [1.54, 1.807) is 12.1 Å². The van der Waals surface area contributed by atoms with Crippen LogP contribution in [0.2, 0.25) is 0 Å². The number of hydrogen-bond acceptors (Lipinski definition) is 3. The van der Waals surface area contributed by atoms with E-state index in [4.69, 9.17) is 0 Å². The first kappa shape index (κ1) is 13.4. The van der Waals surface area contributed by atoms with Gasteiger partial charge in [0.2, 0.25) is 0 Å². The molecule has 0 spiro atoms. The van der Waals surface area contributed by atoms with Crippen LogP contribution in [0.5, 0.6) is 5.75 Å². The highest BCUT2D eigenvalue weighted by atomic mass is 16.4. The number of benzene rings is 1. The van der Waals surface area contributed by atoms with Gasteiger partial charge in [-0.1, -0.05) is 11.6 Å². The molecule has 0 unspecified atom stereocenters. The Balaban J connectivity index is 2.31. The van der Waals surface area contributed by atoms with Gasteiger partial charge in [-0.05, 0) is 38.3 Å². The summed E-state index contributed by atoms with van der Waals surface area (Å²) in [5, 5.41) is 18.9. The summed E-state index contributed by atoms with van der Waals surface area (Å²) in [5.74, 6) is -1.50. The van der Waals surface area contributed by atoms with Gasteiger partial charge in [-0.25, -0.2) is 4.79 Å². The van der Waals surface area contributed by atoms with E-state index in [0.29, 0.717) is 13.0 Å². The second-order valence-electron chi connectivity index (χ2n) is 4.87. The van der Waals surface area contributed by atoms with E-state index in [0.717, 1.165) is 18.4 Å². The molecule has 1 aromatic rings. The quantitative estimate of drug-likeness (QED) is 0.852. The molecule has 1 aromatic carbocycles. The smallest absolute Gasteiger partial charge is 0.326 e. The summed E-state index contributed by atoms with van der Waals surface area (Å²) < 4.78 is 0.